The predicted octanol–water partition coefficient (Wildman–Crippen LogP) is 3.22. The summed E-state index contributed by atoms with van der Waals surface area (Å²) in [6.07, 6.45) is 2.95. The molecule has 8 nitrogen and oxygen atoms in total. The lowest BCUT2D eigenvalue weighted by Gasteiger charge is -2.20. The van der Waals surface area contributed by atoms with E-state index in [9.17, 15) is 9.59 Å². The van der Waals surface area contributed by atoms with E-state index in [1.165, 1.54) is 11.3 Å². The van der Waals surface area contributed by atoms with E-state index in [1.54, 1.807) is 6.20 Å². The van der Waals surface area contributed by atoms with Crippen molar-refractivity contribution in [3.63, 3.8) is 0 Å². The van der Waals surface area contributed by atoms with Crippen LogP contribution in [0.25, 0.3) is 10.6 Å². The second kappa shape index (κ2) is 8.33. The van der Waals surface area contributed by atoms with E-state index >= 15 is 0 Å². The summed E-state index contributed by atoms with van der Waals surface area (Å²) in [4.78, 5) is 39.0. The summed E-state index contributed by atoms with van der Waals surface area (Å²) >= 11 is 1.54. The van der Waals surface area contributed by atoms with E-state index in [2.05, 4.69) is 39.6 Å². The highest BCUT2D eigenvalue weighted by molar-refractivity contribution is 7.14. The summed E-state index contributed by atoms with van der Waals surface area (Å²) in [5.41, 5.74) is 3.82. The average Bonchev–Trinajstić information content (AvgIpc) is 3.43. The lowest BCUT2D eigenvalue weighted by molar-refractivity contribution is -0.115. The van der Waals surface area contributed by atoms with Crippen LogP contribution in [0.3, 0.4) is 0 Å². The monoisotopic (exact) mass is 448 g/mol. The molecule has 5 rings (SSSR count). The Labute approximate surface area is 190 Å². The number of carbonyl (C=O) groups is 2. The van der Waals surface area contributed by atoms with E-state index in [0.29, 0.717) is 17.6 Å². The Hall–Kier alpha value is -3.30. The summed E-state index contributed by atoms with van der Waals surface area (Å²) < 4.78 is 0. The molecule has 1 atom stereocenters. The highest BCUT2D eigenvalue weighted by Crippen LogP contribution is 2.37. The van der Waals surface area contributed by atoms with Crippen molar-refractivity contribution in [2.24, 2.45) is 0 Å². The van der Waals surface area contributed by atoms with Gasteiger partial charge >= 0.3 is 0 Å². The number of hydrogen-bond acceptors (Lipinski definition) is 7. The molecule has 4 heterocycles. The maximum atomic E-state index is 12.8. The lowest BCUT2D eigenvalue weighted by atomic mass is 10.1. The van der Waals surface area contributed by atoms with Crippen LogP contribution in [0.2, 0.25) is 0 Å². The molecule has 2 N–H and O–H groups in total. The molecule has 1 saturated heterocycles. The smallest absolute Gasteiger partial charge is 0.253 e. The van der Waals surface area contributed by atoms with Crippen molar-refractivity contribution in [2.45, 2.75) is 18.9 Å². The van der Waals surface area contributed by atoms with E-state index in [4.69, 9.17) is 0 Å². The molecule has 0 bridgehead atoms. The maximum Gasteiger partial charge on any atom is 0.253 e. The number of benzene rings is 1. The van der Waals surface area contributed by atoms with E-state index < -0.39 is 0 Å². The lowest BCUT2D eigenvalue weighted by Crippen LogP contribution is -2.34. The van der Waals surface area contributed by atoms with Gasteiger partial charge in [0.1, 0.15) is 0 Å². The van der Waals surface area contributed by atoms with E-state index in [0.717, 1.165) is 47.0 Å². The third-order valence-corrected chi connectivity index (χ3v) is 6.86. The summed E-state index contributed by atoms with van der Waals surface area (Å²) in [5, 5.41) is 8.06. The molecule has 164 valence electrons. The van der Waals surface area contributed by atoms with Crippen molar-refractivity contribution in [3.05, 3.63) is 53.0 Å². The van der Waals surface area contributed by atoms with Crippen LogP contribution in [0.5, 0.6) is 0 Å². The zero-order valence-electron chi connectivity index (χ0n) is 18.0. The van der Waals surface area contributed by atoms with Gasteiger partial charge < -0.3 is 20.4 Å². The molecule has 0 aliphatic carbocycles. The van der Waals surface area contributed by atoms with Gasteiger partial charge in [0.2, 0.25) is 11.9 Å². The fourth-order valence-corrected chi connectivity index (χ4v) is 4.98. The third kappa shape index (κ3) is 3.96. The van der Waals surface area contributed by atoms with Crippen molar-refractivity contribution in [3.8, 4) is 10.6 Å². The SMILES string of the molecule is CN(C)C1CCN(C(=O)c2ccc(Nc3ncc4c(n3)-c3sccc3NC(=O)C4)cc2)C1. The standard InChI is InChI=1S/C23H24N6O2S/c1-28(2)17-7-9-29(13-17)22(31)14-3-5-16(6-4-14)25-23-24-12-15-11-19(30)26-18-8-10-32-21(18)20(15)27-23/h3-6,8,10,12,17H,7,9,11,13H2,1-2H3,(H,26,30)(H,24,25,27). The molecule has 2 aliphatic heterocycles. The Morgan fingerprint density at radius 1 is 1.25 bits per heavy atom. The Kier molecular flexibility index (Phi) is 5.36. The number of hydrogen-bond donors (Lipinski definition) is 2. The van der Waals surface area contributed by atoms with Crippen LogP contribution in [0.4, 0.5) is 17.3 Å². The van der Waals surface area contributed by atoms with Gasteiger partial charge in [0.15, 0.2) is 0 Å². The quantitative estimate of drug-likeness (QED) is 0.637. The number of anilines is 3. The molecule has 1 unspecified atom stereocenters. The largest absolute Gasteiger partial charge is 0.337 e. The normalized spacial score (nSPS) is 17.5. The predicted molar refractivity (Wildman–Crippen MR) is 125 cm³/mol. The molecule has 0 radical (unpaired) electrons. The first-order valence-corrected chi connectivity index (χ1v) is 11.4. The molecule has 0 saturated carbocycles. The third-order valence-electron chi connectivity index (χ3n) is 5.94. The summed E-state index contributed by atoms with van der Waals surface area (Å²) in [6.45, 7) is 1.55. The van der Waals surface area contributed by atoms with Crippen LogP contribution in [-0.4, -0.2) is 64.8 Å². The summed E-state index contributed by atoms with van der Waals surface area (Å²) in [7, 11) is 4.11. The highest BCUT2D eigenvalue weighted by Gasteiger charge is 2.28. The van der Waals surface area contributed by atoms with Crippen molar-refractivity contribution in [2.75, 3.05) is 37.8 Å². The van der Waals surface area contributed by atoms with Crippen LogP contribution in [0, 0.1) is 0 Å². The second-order valence-electron chi connectivity index (χ2n) is 8.32. The summed E-state index contributed by atoms with van der Waals surface area (Å²) in [5.74, 6) is 0.442. The zero-order valence-corrected chi connectivity index (χ0v) is 18.8. The fourth-order valence-electron chi connectivity index (χ4n) is 4.11. The number of thiophene rings is 1. The number of rotatable bonds is 4. The Bertz CT molecular complexity index is 1170. The molecule has 1 fully saturated rings. The minimum absolute atomic E-state index is 0.0598. The molecular formula is C23H24N6O2S. The second-order valence-corrected chi connectivity index (χ2v) is 9.23. The van der Waals surface area contributed by atoms with Gasteiger partial charge in [-0.2, -0.15) is 0 Å². The summed E-state index contributed by atoms with van der Waals surface area (Å²) in [6, 6.07) is 9.69. The van der Waals surface area contributed by atoms with Gasteiger partial charge in [0.05, 0.1) is 22.7 Å². The van der Waals surface area contributed by atoms with Gasteiger partial charge in [0.25, 0.3) is 5.91 Å². The van der Waals surface area contributed by atoms with Gasteiger partial charge in [-0.3, -0.25) is 9.59 Å². The highest BCUT2D eigenvalue weighted by atomic mass is 32.1. The number of likely N-dealkylation sites (N-methyl/N-ethyl adjacent to an activating group) is 1. The number of aromatic nitrogens is 2. The molecule has 32 heavy (non-hydrogen) atoms. The Morgan fingerprint density at radius 3 is 2.81 bits per heavy atom. The van der Waals surface area contributed by atoms with Crippen LogP contribution in [-0.2, 0) is 11.2 Å². The van der Waals surface area contributed by atoms with Crippen molar-refractivity contribution in [1.29, 1.82) is 0 Å². The van der Waals surface area contributed by atoms with E-state index in [-0.39, 0.29) is 18.2 Å². The van der Waals surface area contributed by atoms with Gasteiger partial charge in [-0.1, -0.05) is 0 Å². The number of amides is 2. The average molecular weight is 449 g/mol. The Balaban J connectivity index is 1.32. The first kappa shape index (κ1) is 20.6. The molecular weight excluding hydrogens is 424 g/mol. The molecule has 2 aromatic heterocycles. The van der Waals surface area contributed by atoms with Crippen LogP contribution < -0.4 is 10.6 Å². The Morgan fingerprint density at radius 2 is 2.06 bits per heavy atom. The van der Waals surface area contributed by atoms with Crippen LogP contribution in [0.1, 0.15) is 22.3 Å². The van der Waals surface area contributed by atoms with Gasteiger partial charge in [0, 0.05) is 42.1 Å². The van der Waals surface area contributed by atoms with E-state index in [1.807, 2.05) is 40.6 Å². The molecule has 2 amide bonds. The topological polar surface area (TPSA) is 90.5 Å². The van der Waals surface area contributed by atoms with Crippen LogP contribution >= 0.6 is 11.3 Å². The first-order valence-electron chi connectivity index (χ1n) is 10.5. The maximum absolute atomic E-state index is 12.8. The number of nitrogens with zero attached hydrogens (tertiary/aromatic N) is 4. The number of carbonyl (C=O) groups excluding carboxylic acids is 2. The first-order chi connectivity index (χ1) is 15.5. The zero-order chi connectivity index (χ0) is 22.2. The van der Waals surface area contributed by atoms with Crippen molar-refractivity contribution in [1.82, 2.24) is 19.8 Å². The van der Waals surface area contributed by atoms with Gasteiger partial charge in [-0.15, -0.1) is 11.3 Å². The molecule has 2 aliphatic rings. The number of fused-ring (bicyclic) bond motifs is 3. The van der Waals surface area contributed by atoms with Crippen molar-refractivity contribution >= 4 is 40.5 Å². The molecule has 9 heteroatoms. The van der Waals surface area contributed by atoms with Crippen molar-refractivity contribution < 1.29 is 9.59 Å². The number of nitrogens with one attached hydrogen (secondary N) is 2. The molecule has 1 aromatic carbocycles. The fraction of sp³-hybridized carbons (Fsp3) is 0.304. The van der Waals surface area contributed by atoms with Gasteiger partial charge in [-0.25, -0.2) is 9.97 Å². The molecule has 0 spiro atoms. The number of likely N-dealkylation sites (tertiary alicyclic amines) is 1. The minimum Gasteiger partial charge on any atom is -0.337 e. The molecule has 3 aromatic rings. The van der Waals surface area contributed by atoms with Gasteiger partial charge in [-0.05, 0) is 56.2 Å². The van der Waals surface area contributed by atoms with Crippen LogP contribution in [0.15, 0.2) is 41.9 Å². The minimum atomic E-state index is -0.0668.